The lowest BCUT2D eigenvalue weighted by atomic mass is 10.2. The van der Waals surface area contributed by atoms with Crippen LogP contribution in [0.25, 0.3) is 6.08 Å². The van der Waals surface area contributed by atoms with Gasteiger partial charge in [0.1, 0.15) is 11.5 Å². The smallest absolute Gasteiger partial charge is 0.269 e. The van der Waals surface area contributed by atoms with Crippen LogP contribution in [0.1, 0.15) is 16.1 Å². The van der Waals surface area contributed by atoms with Crippen LogP contribution in [-0.2, 0) is 4.79 Å². The molecule has 0 saturated carbocycles. The summed E-state index contributed by atoms with van der Waals surface area (Å²) in [4.78, 5) is 34.4. The van der Waals surface area contributed by atoms with Crippen LogP contribution >= 0.6 is 0 Å². The van der Waals surface area contributed by atoms with Gasteiger partial charge in [0.05, 0.1) is 17.8 Å². The average molecular weight is 345 g/mol. The van der Waals surface area contributed by atoms with Gasteiger partial charge in [-0.25, -0.2) is 0 Å². The highest BCUT2D eigenvalue weighted by atomic mass is 16.6. The Morgan fingerprint density at radius 3 is 2.52 bits per heavy atom. The first-order valence-electron chi connectivity index (χ1n) is 7.21. The molecular weight excluding hydrogens is 330 g/mol. The highest BCUT2D eigenvalue weighted by molar-refractivity contribution is 6.05. The molecule has 0 radical (unpaired) electrons. The summed E-state index contributed by atoms with van der Waals surface area (Å²) in [6.07, 6.45) is 2.74. The zero-order chi connectivity index (χ0) is 18.2. The van der Waals surface area contributed by atoms with Crippen molar-refractivity contribution < 1.29 is 24.0 Å². The van der Waals surface area contributed by atoms with E-state index >= 15 is 0 Å². The monoisotopic (exact) mass is 345 g/mol. The summed E-state index contributed by atoms with van der Waals surface area (Å²) in [5.41, 5.74) is -0.0961. The number of rotatable bonds is 7. The van der Waals surface area contributed by atoms with Crippen molar-refractivity contribution in [3.8, 4) is 0 Å². The molecule has 130 valence electrons. The van der Waals surface area contributed by atoms with Crippen molar-refractivity contribution in [2.75, 3.05) is 13.2 Å². The Kier molecular flexibility index (Phi) is 6.02. The Morgan fingerprint density at radius 1 is 1.24 bits per heavy atom. The molecule has 1 aromatic heterocycles. The quantitative estimate of drug-likeness (QED) is 0.390. The largest absolute Gasteiger partial charge is 0.465 e. The molecule has 9 nitrogen and oxygen atoms in total. The molecule has 9 heteroatoms. The van der Waals surface area contributed by atoms with Crippen molar-refractivity contribution in [2.24, 2.45) is 0 Å². The number of nitro benzene ring substituents is 1. The number of nitrogens with one attached hydrogen (secondary N) is 2. The van der Waals surface area contributed by atoms with Gasteiger partial charge in [-0.05, 0) is 24.3 Å². The minimum Gasteiger partial charge on any atom is -0.465 e. The van der Waals surface area contributed by atoms with Crippen molar-refractivity contribution in [1.82, 2.24) is 10.6 Å². The SMILES string of the molecule is O=C(NCCO)C(=Cc1ccco1)NC(=O)c1ccc([N+](=O)[O-])cc1. The molecule has 1 aromatic carbocycles. The molecule has 2 amide bonds. The number of carbonyl (C=O) groups is 2. The normalized spacial score (nSPS) is 11.0. The van der Waals surface area contributed by atoms with Crippen LogP contribution in [0.15, 0.2) is 52.8 Å². The molecule has 0 aliphatic heterocycles. The number of aliphatic hydroxyl groups excluding tert-OH is 1. The lowest BCUT2D eigenvalue weighted by Crippen LogP contribution is -2.36. The lowest BCUT2D eigenvalue weighted by Gasteiger charge is -2.10. The first-order chi connectivity index (χ1) is 12.0. The number of nitrogens with zero attached hydrogens (tertiary/aromatic N) is 1. The van der Waals surface area contributed by atoms with Crippen LogP contribution < -0.4 is 10.6 Å². The fraction of sp³-hybridized carbons (Fsp3) is 0.125. The standard InChI is InChI=1S/C16H15N3O6/c20-8-7-17-16(22)14(10-13-2-1-9-25-13)18-15(21)11-3-5-12(6-4-11)19(23)24/h1-6,9-10,20H,7-8H2,(H,17,22)(H,18,21). The van der Waals surface area contributed by atoms with Gasteiger partial charge in [-0.3, -0.25) is 19.7 Å². The van der Waals surface area contributed by atoms with Crippen molar-refractivity contribution in [1.29, 1.82) is 0 Å². The van der Waals surface area contributed by atoms with Gasteiger partial charge in [0.2, 0.25) is 0 Å². The van der Waals surface area contributed by atoms with Crippen molar-refractivity contribution in [3.05, 3.63) is 69.8 Å². The number of aliphatic hydroxyl groups is 1. The first-order valence-corrected chi connectivity index (χ1v) is 7.21. The summed E-state index contributed by atoms with van der Waals surface area (Å²) in [5, 5.41) is 24.3. The maximum atomic E-state index is 12.3. The van der Waals surface area contributed by atoms with E-state index in [-0.39, 0.29) is 30.1 Å². The van der Waals surface area contributed by atoms with Gasteiger partial charge in [0.15, 0.2) is 0 Å². The molecule has 1 heterocycles. The van der Waals surface area contributed by atoms with Crippen LogP contribution in [-0.4, -0.2) is 35.0 Å². The number of hydrogen-bond acceptors (Lipinski definition) is 6. The summed E-state index contributed by atoms with van der Waals surface area (Å²) in [6, 6.07) is 8.16. The molecule has 0 aliphatic rings. The lowest BCUT2D eigenvalue weighted by molar-refractivity contribution is -0.384. The second-order valence-corrected chi connectivity index (χ2v) is 4.81. The number of amides is 2. The van der Waals surface area contributed by atoms with E-state index in [1.54, 1.807) is 12.1 Å². The summed E-state index contributed by atoms with van der Waals surface area (Å²) in [6.45, 7) is -0.238. The molecule has 0 bridgehead atoms. The predicted molar refractivity (Wildman–Crippen MR) is 87.3 cm³/mol. The van der Waals surface area contributed by atoms with E-state index < -0.39 is 16.7 Å². The van der Waals surface area contributed by atoms with E-state index in [4.69, 9.17) is 9.52 Å². The Bertz CT molecular complexity index is 781. The number of non-ortho nitro benzene ring substituents is 1. The fourth-order valence-corrected chi connectivity index (χ4v) is 1.87. The van der Waals surface area contributed by atoms with Gasteiger partial charge in [0, 0.05) is 30.3 Å². The predicted octanol–water partition coefficient (Wildman–Crippen LogP) is 1.07. The average Bonchev–Trinajstić information content (AvgIpc) is 3.12. The van der Waals surface area contributed by atoms with E-state index in [2.05, 4.69) is 10.6 Å². The maximum absolute atomic E-state index is 12.3. The van der Waals surface area contributed by atoms with Gasteiger partial charge >= 0.3 is 0 Å². The van der Waals surface area contributed by atoms with Gasteiger partial charge in [0.25, 0.3) is 17.5 Å². The molecule has 0 atom stereocenters. The summed E-state index contributed by atoms with van der Waals surface area (Å²) < 4.78 is 5.12. The number of benzene rings is 1. The third-order valence-electron chi connectivity index (χ3n) is 3.06. The molecule has 3 N–H and O–H groups in total. The van der Waals surface area contributed by atoms with Crippen LogP contribution in [0.5, 0.6) is 0 Å². The third-order valence-corrected chi connectivity index (χ3v) is 3.06. The molecule has 0 spiro atoms. The highest BCUT2D eigenvalue weighted by Crippen LogP contribution is 2.13. The molecule has 0 fully saturated rings. The number of carbonyl (C=O) groups excluding carboxylic acids is 2. The Morgan fingerprint density at radius 2 is 1.96 bits per heavy atom. The fourth-order valence-electron chi connectivity index (χ4n) is 1.87. The van der Waals surface area contributed by atoms with Gasteiger partial charge in [-0.1, -0.05) is 0 Å². The molecule has 2 aromatic rings. The Hall–Kier alpha value is -3.46. The van der Waals surface area contributed by atoms with E-state index in [9.17, 15) is 19.7 Å². The first kappa shape index (κ1) is 17.9. The van der Waals surface area contributed by atoms with E-state index in [1.165, 1.54) is 36.6 Å². The van der Waals surface area contributed by atoms with Crippen molar-refractivity contribution in [2.45, 2.75) is 0 Å². The zero-order valence-corrected chi connectivity index (χ0v) is 13.0. The Balaban J connectivity index is 2.18. The van der Waals surface area contributed by atoms with Crippen LogP contribution in [0.3, 0.4) is 0 Å². The number of hydrogen-bond donors (Lipinski definition) is 3. The van der Waals surface area contributed by atoms with Crippen molar-refractivity contribution in [3.63, 3.8) is 0 Å². The molecule has 0 saturated heterocycles. The van der Waals surface area contributed by atoms with Gasteiger partial charge < -0.3 is 20.2 Å². The van der Waals surface area contributed by atoms with E-state index in [0.29, 0.717) is 5.76 Å². The molecule has 0 aliphatic carbocycles. The second kappa shape index (κ2) is 8.41. The maximum Gasteiger partial charge on any atom is 0.269 e. The van der Waals surface area contributed by atoms with Gasteiger partial charge in [-0.15, -0.1) is 0 Å². The van der Waals surface area contributed by atoms with Crippen LogP contribution in [0, 0.1) is 10.1 Å². The van der Waals surface area contributed by atoms with E-state index in [0.717, 1.165) is 0 Å². The van der Waals surface area contributed by atoms with Crippen molar-refractivity contribution >= 4 is 23.6 Å². The third kappa shape index (κ3) is 5.01. The minimum absolute atomic E-state index is 0.0156. The Labute approximate surface area is 142 Å². The molecule has 25 heavy (non-hydrogen) atoms. The van der Waals surface area contributed by atoms with Crippen LogP contribution in [0.2, 0.25) is 0 Å². The number of nitro groups is 1. The number of furan rings is 1. The molecular formula is C16H15N3O6. The molecule has 2 rings (SSSR count). The summed E-state index contributed by atoms with van der Waals surface area (Å²) in [5.74, 6) is -0.884. The highest BCUT2D eigenvalue weighted by Gasteiger charge is 2.16. The second-order valence-electron chi connectivity index (χ2n) is 4.81. The zero-order valence-electron chi connectivity index (χ0n) is 13.0. The summed E-state index contributed by atoms with van der Waals surface area (Å²) in [7, 11) is 0. The molecule has 0 unspecified atom stereocenters. The van der Waals surface area contributed by atoms with Gasteiger partial charge in [-0.2, -0.15) is 0 Å². The minimum atomic E-state index is -0.619. The topological polar surface area (TPSA) is 135 Å². The van der Waals surface area contributed by atoms with Crippen LogP contribution in [0.4, 0.5) is 5.69 Å². The van der Waals surface area contributed by atoms with E-state index in [1.807, 2.05) is 0 Å². The summed E-state index contributed by atoms with van der Waals surface area (Å²) >= 11 is 0.